The number of anilines is 1. The summed E-state index contributed by atoms with van der Waals surface area (Å²) < 4.78 is 7.30. The number of nitrogens with one attached hydrogen (secondary N) is 3. The fraction of sp³-hybridized carbons (Fsp3) is 0.538. The van der Waals surface area contributed by atoms with Gasteiger partial charge in [-0.1, -0.05) is 57.0 Å². The highest BCUT2D eigenvalue weighted by atomic mass is 16.5. The van der Waals surface area contributed by atoms with E-state index in [-0.39, 0.29) is 45.0 Å². The Bertz CT molecular complexity index is 980. The largest absolute Gasteiger partial charge is 0.374 e. The lowest BCUT2D eigenvalue weighted by molar-refractivity contribution is -0.130. The Balaban J connectivity index is 0.00000456. The Kier molecular flexibility index (Phi) is 11.1. The highest BCUT2D eigenvalue weighted by molar-refractivity contribution is 5.98. The second kappa shape index (κ2) is 13.7. The van der Waals surface area contributed by atoms with Gasteiger partial charge >= 0.3 is 0 Å². The van der Waals surface area contributed by atoms with Crippen LogP contribution in [0.2, 0.25) is 0 Å². The molecule has 1 heterocycles. The summed E-state index contributed by atoms with van der Waals surface area (Å²) in [6.07, 6.45) is 8.58. The zero-order valence-corrected chi connectivity index (χ0v) is 20.5. The number of amides is 3. The summed E-state index contributed by atoms with van der Waals surface area (Å²) in [5, 5.41) is 8.39. The predicted molar refractivity (Wildman–Crippen MR) is 139 cm³/mol. The number of nitrogens with two attached hydrogens (primary N) is 1. The molecule has 1 atom stereocenters. The van der Waals surface area contributed by atoms with Crippen LogP contribution in [0.25, 0.3) is 0 Å². The molecule has 198 valence electrons. The van der Waals surface area contributed by atoms with Gasteiger partial charge in [0, 0.05) is 12.2 Å². The number of ether oxygens (including phenoxy) is 1. The van der Waals surface area contributed by atoms with E-state index in [9.17, 15) is 14.4 Å². The Morgan fingerprint density at radius 1 is 1.17 bits per heavy atom. The van der Waals surface area contributed by atoms with Crippen molar-refractivity contribution in [1.29, 1.82) is 0 Å². The van der Waals surface area contributed by atoms with Crippen LogP contribution < -0.4 is 21.7 Å². The third kappa shape index (κ3) is 9.43. The van der Waals surface area contributed by atoms with E-state index in [1.807, 2.05) is 30.3 Å². The van der Waals surface area contributed by atoms with Crippen molar-refractivity contribution in [3.8, 4) is 0 Å². The van der Waals surface area contributed by atoms with Gasteiger partial charge in [-0.25, -0.2) is 4.98 Å². The predicted octanol–water partition coefficient (Wildman–Crippen LogP) is 2.35. The highest BCUT2D eigenvalue weighted by Crippen LogP contribution is 2.17. The molecule has 1 saturated carbocycles. The number of hydrogen-bond acceptors (Lipinski definition) is 6. The summed E-state index contributed by atoms with van der Waals surface area (Å²) in [6, 6.07) is 8.77. The van der Waals surface area contributed by atoms with E-state index in [0.717, 1.165) is 31.2 Å². The summed E-state index contributed by atoms with van der Waals surface area (Å²) in [5.41, 5.74) is 5.66. The zero-order chi connectivity index (χ0) is 25.3. The Morgan fingerprint density at radius 3 is 2.53 bits per heavy atom. The van der Waals surface area contributed by atoms with Crippen molar-refractivity contribution in [3.63, 3.8) is 0 Å². The van der Waals surface area contributed by atoms with Gasteiger partial charge in [-0.05, 0) is 32.3 Å². The maximum atomic E-state index is 12.9. The minimum absolute atomic E-state index is 0. The van der Waals surface area contributed by atoms with Crippen molar-refractivity contribution in [3.05, 3.63) is 48.4 Å². The van der Waals surface area contributed by atoms with Crippen LogP contribution in [0.3, 0.4) is 0 Å². The topological polar surface area (TPSA) is 140 Å². The maximum absolute atomic E-state index is 12.9. The van der Waals surface area contributed by atoms with Crippen LogP contribution in [0.5, 0.6) is 0 Å². The van der Waals surface area contributed by atoms with Crippen molar-refractivity contribution in [1.82, 2.24) is 20.2 Å². The molecule has 0 aliphatic heterocycles. The summed E-state index contributed by atoms with van der Waals surface area (Å²) in [4.78, 5) is 41.9. The summed E-state index contributed by atoms with van der Waals surface area (Å²) in [5.74, 6) is -0.787. The van der Waals surface area contributed by atoms with Crippen molar-refractivity contribution >= 4 is 23.5 Å². The number of benzene rings is 1. The number of carbonyl (C=O) groups is 3. The quantitative estimate of drug-likeness (QED) is 0.373. The van der Waals surface area contributed by atoms with Gasteiger partial charge < -0.3 is 31.0 Å². The fourth-order valence-electron chi connectivity index (χ4n) is 3.81. The SMILES string of the molecule is C.CC(C)(N)C(=O)N[C@H](COCc1ccccc1)C(=O)Nc1cn(CC(=O)NC2CCCCC2)cn1. The molecule has 1 aromatic carbocycles. The molecule has 1 fully saturated rings. The van der Waals surface area contributed by atoms with E-state index in [0.29, 0.717) is 0 Å². The molecule has 36 heavy (non-hydrogen) atoms. The molecule has 0 saturated heterocycles. The Labute approximate surface area is 213 Å². The van der Waals surface area contributed by atoms with Crippen molar-refractivity contribution in [2.24, 2.45) is 5.73 Å². The molecule has 3 rings (SSSR count). The number of rotatable bonds is 11. The first-order valence-electron chi connectivity index (χ1n) is 12.0. The molecular formula is C26H40N6O4. The van der Waals surface area contributed by atoms with Crippen LogP contribution in [-0.2, 0) is 32.3 Å². The van der Waals surface area contributed by atoms with Gasteiger partial charge in [0.15, 0.2) is 5.82 Å². The van der Waals surface area contributed by atoms with Crippen LogP contribution >= 0.6 is 0 Å². The normalized spacial score (nSPS) is 14.9. The number of carbonyl (C=O) groups excluding carboxylic acids is 3. The van der Waals surface area contributed by atoms with E-state index in [1.54, 1.807) is 24.6 Å². The third-order valence-corrected chi connectivity index (χ3v) is 5.78. The van der Waals surface area contributed by atoms with Gasteiger partial charge in [0.1, 0.15) is 12.6 Å². The highest BCUT2D eigenvalue weighted by Gasteiger charge is 2.28. The molecule has 10 heteroatoms. The summed E-state index contributed by atoms with van der Waals surface area (Å²) >= 11 is 0. The van der Waals surface area contributed by atoms with Gasteiger partial charge in [0.2, 0.25) is 11.8 Å². The lowest BCUT2D eigenvalue weighted by Gasteiger charge is -2.23. The molecule has 1 aliphatic carbocycles. The van der Waals surface area contributed by atoms with Gasteiger partial charge in [-0.15, -0.1) is 0 Å². The standard InChI is InChI=1S/C25H36N6O4.CH4/c1-25(2,26)24(34)29-20(16-35-15-18-9-5-3-6-10-18)23(33)30-21-13-31(17-27-21)14-22(32)28-19-11-7-4-8-12-19;/h3,5-6,9-10,13,17,19-20H,4,7-8,11-12,14-16,26H2,1-2H3,(H,28,32)(H,29,34)(H,30,33);1H4/t20-;/m1./s1. The molecule has 1 aromatic heterocycles. The van der Waals surface area contributed by atoms with E-state index >= 15 is 0 Å². The van der Waals surface area contributed by atoms with Crippen LogP contribution in [0, 0.1) is 0 Å². The fourth-order valence-corrected chi connectivity index (χ4v) is 3.81. The van der Waals surface area contributed by atoms with E-state index < -0.39 is 23.4 Å². The number of aromatic nitrogens is 2. The molecule has 5 N–H and O–H groups in total. The first-order chi connectivity index (χ1) is 16.7. The lowest BCUT2D eigenvalue weighted by atomic mass is 9.95. The Hall–Kier alpha value is -3.24. The zero-order valence-electron chi connectivity index (χ0n) is 20.5. The minimum atomic E-state index is -1.16. The minimum Gasteiger partial charge on any atom is -0.374 e. The summed E-state index contributed by atoms with van der Waals surface area (Å²) in [7, 11) is 0. The second-order valence-corrected chi connectivity index (χ2v) is 9.57. The van der Waals surface area contributed by atoms with E-state index in [4.69, 9.17) is 10.5 Å². The first-order valence-corrected chi connectivity index (χ1v) is 12.0. The molecule has 2 aromatic rings. The number of hydrogen-bond donors (Lipinski definition) is 4. The molecule has 0 spiro atoms. The smallest absolute Gasteiger partial charge is 0.250 e. The van der Waals surface area contributed by atoms with Crippen molar-refractivity contribution < 1.29 is 19.1 Å². The van der Waals surface area contributed by atoms with Gasteiger partial charge in [0.05, 0.1) is 25.1 Å². The van der Waals surface area contributed by atoms with Gasteiger partial charge in [-0.3, -0.25) is 14.4 Å². The molecule has 1 aliphatic rings. The van der Waals surface area contributed by atoms with E-state index in [1.165, 1.54) is 12.7 Å². The Morgan fingerprint density at radius 2 is 1.86 bits per heavy atom. The van der Waals surface area contributed by atoms with Crippen LogP contribution in [-0.4, -0.2) is 51.5 Å². The second-order valence-electron chi connectivity index (χ2n) is 9.57. The monoisotopic (exact) mass is 500 g/mol. The average molecular weight is 501 g/mol. The first kappa shape index (κ1) is 29.0. The van der Waals surface area contributed by atoms with Gasteiger partial charge in [0.25, 0.3) is 5.91 Å². The average Bonchev–Trinajstić information content (AvgIpc) is 3.25. The number of nitrogens with zero attached hydrogens (tertiary/aromatic N) is 2. The van der Waals surface area contributed by atoms with Gasteiger partial charge in [-0.2, -0.15) is 0 Å². The number of imidazole rings is 1. The molecule has 0 radical (unpaired) electrons. The van der Waals surface area contributed by atoms with Crippen molar-refractivity contribution in [2.75, 3.05) is 11.9 Å². The molecule has 3 amide bonds. The molecule has 0 unspecified atom stereocenters. The summed E-state index contributed by atoms with van der Waals surface area (Å²) in [6.45, 7) is 3.47. The molecule has 0 bridgehead atoms. The maximum Gasteiger partial charge on any atom is 0.250 e. The molecule has 10 nitrogen and oxygen atoms in total. The third-order valence-electron chi connectivity index (χ3n) is 5.78. The molecular weight excluding hydrogens is 460 g/mol. The lowest BCUT2D eigenvalue weighted by Crippen LogP contribution is -2.56. The van der Waals surface area contributed by atoms with Crippen molar-refractivity contribution in [2.45, 2.75) is 84.2 Å². The van der Waals surface area contributed by atoms with Crippen LogP contribution in [0.4, 0.5) is 5.82 Å². The van der Waals surface area contributed by atoms with E-state index in [2.05, 4.69) is 20.9 Å². The van der Waals surface area contributed by atoms with Crippen LogP contribution in [0.1, 0.15) is 58.9 Å². The van der Waals surface area contributed by atoms with Crippen LogP contribution in [0.15, 0.2) is 42.9 Å².